The molecule has 0 heterocycles. The Balaban J connectivity index is 1.80. The van der Waals surface area contributed by atoms with E-state index >= 15 is 0 Å². The van der Waals surface area contributed by atoms with Gasteiger partial charge in [0.1, 0.15) is 11.8 Å². The Morgan fingerprint density at radius 1 is 0.970 bits per heavy atom. The maximum absolute atomic E-state index is 13.2. The van der Waals surface area contributed by atoms with Crippen molar-refractivity contribution in [1.29, 1.82) is 0 Å². The molecule has 3 aromatic rings. The highest BCUT2D eigenvalue weighted by molar-refractivity contribution is 9.10. The number of benzene rings is 3. The predicted octanol–water partition coefficient (Wildman–Crippen LogP) is 4.61. The average Bonchev–Trinajstić information content (AvgIpc) is 2.80. The Hall–Kier alpha value is -2.68. The van der Waals surface area contributed by atoms with Gasteiger partial charge in [-0.1, -0.05) is 58.4 Å². The molecule has 174 valence electrons. The molecule has 0 spiro atoms. The molecule has 0 saturated heterocycles. The van der Waals surface area contributed by atoms with E-state index in [0.29, 0.717) is 12.4 Å². The normalized spacial score (nSPS) is 13.2. The molecule has 0 radical (unpaired) electrons. The van der Waals surface area contributed by atoms with E-state index in [1.54, 1.807) is 12.1 Å². The van der Waals surface area contributed by atoms with Gasteiger partial charge in [-0.05, 0) is 67.8 Å². The molecule has 6 nitrogen and oxygen atoms in total. The highest BCUT2D eigenvalue weighted by Crippen LogP contribution is 2.19. The summed E-state index contributed by atoms with van der Waals surface area (Å²) in [6, 6.07) is 21.8. The van der Waals surface area contributed by atoms with Crippen molar-refractivity contribution in [3.8, 4) is 5.75 Å². The first-order chi connectivity index (χ1) is 15.8. The molecule has 33 heavy (non-hydrogen) atoms. The molecule has 3 aromatic carbocycles. The number of rotatable bonds is 10. The zero-order valence-electron chi connectivity index (χ0n) is 18.5. The molecular formula is C25H27BrN2O4S. The van der Waals surface area contributed by atoms with Crippen LogP contribution in [0.15, 0.2) is 88.2 Å². The smallest absolute Gasteiger partial charge is 0.241 e. The van der Waals surface area contributed by atoms with Crippen LogP contribution in [0.2, 0.25) is 0 Å². The first kappa shape index (κ1) is 25.0. The fourth-order valence-corrected chi connectivity index (χ4v) is 4.78. The van der Waals surface area contributed by atoms with E-state index in [0.717, 1.165) is 15.6 Å². The molecule has 0 saturated carbocycles. The van der Waals surface area contributed by atoms with Gasteiger partial charge in [0.15, 0.2) is 0 Å². The largest absolute Gasteiger partial charge is 0.494 e. The van der Waals surface area contributed by atoms with Crippen molar-refractivity contribution in [2.75, 3.05) is 6.61 Å². The summed E-state index contributed by atoms with van der Waals surface area (Å²) in [6.07, 6.45) is 0.218. The lowest BCUT2D eigenvalue weighted by Crippen LogP contribution is -2.48. The number of hydrogen-bond donors (Lipinski definition) is 2. The summed E-state index contributed by atoms with van der Waals surface area (Å²) in [5, 5.41) is 2.93. The molecule has 3 rings (SSSR count). The van der Waals surface area contributed by atoms with Crippen LogP contribution in [0.5, 0.6) is 5.75 Å². The number of ether oxygens (including phenoxy) is 1. The molecule has 2 N–H and O–H groups in total. The molecular weight excluding hydrogens is 504 g/mol. The van der Waals surface area contributed by atoms with Crippen molar-refractivity contribution in [3.63, 3.8) is 0 Å². The quantitative estimate of drug-likeness (QED) is 0.400. The number of halogens is 1. The summed E-state index contributed by atoms with van der Waals surface area (Å²) in [4.78, 5) is 13.2. The monoisotopic (exact) mass is 530 g/mol. The number of amides is 1. The molecule has 0 fully saturated rings. The Morgan fingerprint density at radius 2 is 1.61 bits per heavy atom. The third kappa shape index (κ3) is 7.15. The van der Waals surface area contributed by atoms with Crippen LogP contribution in [0.4, 0.5) is 0 Å². The standard InChI is InChI=1S/C25H27BrN2O4S/c1-3-32-22-13-15-23(16-14-22)33(30,31)28-24(17-19-7-5-4-6-8-19)25(29)27-18(2)20-9-11-21(26)12-10-20/h4-16,18,24,28H,3,17H2,1-2H3,(H,27,29)/t18-,24+/m1/s1. The molecule has 0 aliphatic carbocycles. The van der Waals surface area contributed by atoms with E-state index < -0.39 is 22.0 Å². The minimum atomic E-state index is -3.93. The number of nitrogens with one attached hydrogen (secondary N) is 2. The lowest BCUT2D eigenvalue weighted by molar-refractivity contribution is -0.123. The highest BCUT2D eigenvalue weighted by Gasteiger charge is 2.27. The van der Waals surface area contributed by atoms with Crippen LogP contribution in [-0.2, 0) is 21.2 Å². The van der Waals surface area contributed by atoms with Gasteiger partial charge in [0, 0.05) is 4.47 Å². The lowest BCUT2D eigenvalue weighted by atomic mass is 10.0. The zero-order chi connectivity index (χ0) is 23.8. The van der Waals surface area contributed by atoms with Crippen molar-refractivity contribution in [1.82, 2.24) is 10.0 Å². The average molecular weight is 531 g/mol. The molecule has 2 atom stereocenters. The van der Waals surface area contributed by atoms with Gasteiger partial charge < -0.3 is 10.1 Å². The van der Waals surface area contributed by atoms with Crippen molar-refractivity contribution >= 4 is 31.9 Å². The van der Waals surface area contributed by atoms with E-state index in [-0.39, 0.29) is 17.4 Å². The van der Waals surface area contributed by atoms with Crippen molar-refractivity contribution < 1.29 is 17.9 Å². The summed E-state index contributed by atoms with van der Waals surface area (Å²) in [5.74, 6) is 0.183. The summed E-state index contributed by atoms with van der Waals surface area (Å²) < 4.78 is 35.0. The van der Waals surface area contributed by atoms with Crippen molar-refractivity contribution in [2.45, 2.75) is 37.2 Å². The molecule has 0 aliphatic heterocycles. The van der Waals surface area contributed by atoms with E-state index in [1.807, 2.05) is 68.4 Å². The minimum Gasteiger partial charge on any atom is -0.494 e. The predicted molar refractivity (Wildman–Crippen MR) is 133 cm³/mol. The van der Waals surface area contributed by atoms with Gasteiger partial charge in [0.25, 0.3) is 0 Å². The lowest BCUT2D eigenvalue weighted by Gasteiger charge is -2.22. The van der Waals surface area contributed by atoms with Gasteiger partial charge >= 0.3 is 0 Å². The summed E-state index contributed by atoms with van der Waals surface area (Å²) in [7, 11) is -3.93. The second-order valence-corrected chi connectivity index (χ2v) is 10.2. The summed E-state index contributed by atoms with van der Waals surface area (Å²) >= 11 is 3.40. The van der Waals surface area contributed by atoms with E-state index in [2.05, 4.69) is 26.0 Å². The molecule has 0 aliphatic rings. The van der Waals surface area contributed by atoms with E-state index in [9.17, 15) is 13.2 Å². The third-order valence-electron chi connectivity index (χ3n) is 5.07. The molecule has 8 heteroatoms. The fourth-order valence-electron chi connectivity index (χ4n) is 3.32. The number of hydrogen-bond acceptors (Lipinski definition) is 4. The Bertz CT molecular complexity index is 1150. The fraction of sp³-hybridized carbons (Fsp3) is 0.240. The van der Waals surface area contributed by atoms with Crippen molar-refractivity contribution in [3.05, 3.63) is 94.5 Å². The van der Waals surface area contributed by atoms with E-state index in [1.165, 1.54) is 12.1 Å². The topological polar surface area (TPSA) is 84.5 Å². The van der Waals surface area contributed by atoms with Gasteiger partial charge in [-0.25, -0.2) is 8.42 Å². The first-order valence-corrected chi connectivity index (χ1v) is 12.9. The second kappa shape index (κ2) is 11.4. The minimum absolute atomic E-state index is 0.0674. The Labute approximate surface area is 203 Å². The number of sulfonamides is 1. The van der Waals surface area contributed by atoms with Gasteiger partial charge in [0.2, 0.25) is 15.9 Å². The van der Waals surface area contributed by atoms with Gasteiger partial charge in [0.05, 0.1) is 17.5 Å². The maximum Gasteiger partial charge on any atom is 0.241 e. The van der Waals surface area contributed by atoms with Crippen LogP contribution in [0.3, 0.4) is 0 Å². The second-order valence-electron chi connectivity index (χ2n) is 7.55. The Kier molecular flexibility index (Phi) is 8.66. The zero-order valence-corrected chi connectivity index (χ0v) is 20.9. The van der Waals surface area contributed by atoms with Crippen LogP contribution in [0.1, 0.15) is 31.0 Å². The highest BCUT2D eigenvalue weighted by atomic mass is 79.9. The summed E-state index contributed by atoms with van der Waals surface area (Å²) in [6.45, 7) is 4.20. The molecule has 0 bridgehead atoms. The van der Waals surface area contributed by atoms with Gasteiger partial charge in [-0.15, -0.1) is 0 Å². The van der Waals surface area contributed by atoms with Crippen LogP contribution >= 0.6 is 15.9 Å². The number of carbonyl (C=O) groups excluding carboxylic acids is 1. The van der Waals surface area contributed by atoms with Gasteiger partial charge in [-0.2, -0.15) is 4.72 Å². The van der Waals surface area contributed by atoms with Crippen LogP contribution in [-0.4, -0.2) is 27.0 Å². The van der Waals surface area contributed by atoms with Crippen molar-refractivity contribution in [2.24, 2.45) is 0 Å². The van der Waals surface area contributed by atoms with Gasteiger partial charge in [-0.3, -0.25) is 4.79 Å². The van der Waals surface area contributed by atoms with Crippen LogP contribution in [0.25, 0.3) is 0 Å². The third-order valence-corrected chi connectivity index (χ3v) is 7.09. The maximum atomic E-state index is 13.2. The SMILES string of the molecule is CCOc1ccc(S(=O)(=O)N[C@@H](Cc2ccccc2)C(=O)N[C@H](C)c2ccc(Br)cc2)cc1. The van der Waals surface area contributed by atoms with Crippen LogP contribution < -0.4 is 14.8 Å². The molecule has 1 amide bonds. The molecule has 0 unspecified atom stereocenters. The van der Waals surface area contributed by atoms with E-state index in [4.69, 9.17) is 4.74 Å². The Morgan fingerprint density at radius 3 is 2.21 bits per heavy atom. The molecule has 0 aromatic heterocycles. The first-order valence-electron chi connectivity index (χ1n) is 10.6. The summed E-state index contributed by atoms with van der Waals surface area (Å²) in [5.41, 5.74) is 1.77. The van der Waals surface area contributed by atoms with Crippen LogP contribution in [0, 0.1) is 0 Å². The number of carbonyl (C=O) groups is 1.